The minimum Gasteiger partial charge on any atom is -0.469 e. The Kier molecular flexibility index (Phi) is 5.51. The SMILES string of the molecule is COC(=O)CCCN(C)Cc1ccc(-n2ccnc2)cc1. The molecule has 2 rings (SSSR count). The Morgan fingerprint density at radius 2 is 2.10 bits per heavy atom. The zero-order valence-electron chi connectivity index (χ0n) is 12.5. The fraction of sp³-hybridized carbons (Fsp3) is 0.375. The molecule has 0 aliphatic rings. The molecule has 0 saturated carbocycles. The molecule has 0 aliphatic heterocycles. The summed E-state index contributed by atoms with van der Waals surface area (Å²) in [6, 6.07) is 8.40. The number of esters is 1. The maximum absolute atomic E-state index is 11.1. The van der Waals surface area contributed by atoms with E-state index in [9.17, 15) is 4.79 Å². The van der Waals surface area contributed by atoms with Crippen LogP contribution in [0.3, 0.4) is 0 Å². The number of nitrogens with zero attached hydrogens (tertiary/aromatic N) is 3. The first-order valence-electron chi connectivity index (χ1n) is 7.01. The molecular formula is C16H21N3O2. The van der Waals surface area contributed by atoms with Gasteiger partial charge in [0.25, 0.3) is 0 Å². The van der Waals surface area contributed by atoms with Crippen molar-refractivity contribution in [1.82, 2.24) is 14.5 Å². The minimum atomic E-state index is -0.145. The van der Waals surface area contributed by atoms with Crippen molar-refractivity contribution in [3.63, 3.8) is 0 Å². The van der Waals surface area contributed by atoms with Crippen LogP contribution in [0, 0.1) is 0 Å². The van der Waals surface area contributed by atoms with Gasteiger partial charge in [0.2, 0.25) is 0 Å². The van der Waals surface area contributed by atoms with E-state index in [4.69, 9.17) is 0 Å². The van der Waals surface area contributed by atoms with Crippen LogP contribution in [0.2, 0.25) is 0 Å². The summed E-state index contributed by atoms with van der Waals surface area (Å²) in [6.07, 6.45) is 6.77. The average molecular weight is 287 g/mol. The predicted molar refractivity (Wildman–Crippen MR) is 81.1 cm³/mol. The number of hydrogen-bond donors (Lipinski definition) is 0. The summed E-state index contributed by atoms with van der Waals surface area (Å²) < 4.78 is 6.61. The number of rotatable bonds is 7. The van der Waals surface area contributed by atoms with E-state index in [2.05, 4.69) is 45.9 Å². The van der Waals surface area contributed by atoms with Crippen molar-refractivity contribution in [2.45, 2.75) is 19.4 Å². The first-order valence-corrected chi connectivity index (χ1v) is 7.01. The van der Waals surface area contributed by atoms with Gasteiger partial charge in [0.15, 0.2) is 0 Å². The van der Waals surface area contributed by atoms with E-state index < -0.39 is 0 Å². The molecule has 0 unspecified atom stereocenters. The molecule has 1 heterocycles. The standard InChI is InChI=1S/C16H21N3O2/c1-18(10-3-4-16(20)21-2)12-14-5-7-15(8-6-14)19-11-9-17-13-19/h5-9,11,13H,3-4,10,12H2,1-2H3. The van der Waals surface area contributed by atoms with E-state index in [-0.39, 0.29) is 5.97 Å². The van der Waals surface area contributed by atoms with Gasteiger partial charge in [-0.15, -0.1) is 0 Å². The van der Waals surface area contributed by atoms with E-state index in [0.29, 0.717) is 6.42 Å². The van der Waals surface area contributed by atoms with Gasteiger partial charge in [-0.1, -0.05) is 12.1 Å². The second kappa shape index (κ2) is 7.59. The molecule has 0 amide bonds. The van der Waals surface area contributed by atoms with Gasteiger partial charge < -0.3 is 14.2 Å². The van der Waals surface area contributed by atoms with E-state index in [1.807, 2.05) is 10.8 Å². The Morgan fingerprint density at radius 3 is 2.71 bits per heavy atom. The summed E-state index contributed by atoms with van der Waals surface area (Å²) in [5, 5.41) is 0. The zero-order valence-corrected chi connectivity index (χ0v) is 12.5. The molecule has 5 nitrogen and oxygen atoms in total. The summed E-state index contributed by atoms with van der Waals surface area (Å²) in [5.41, 5.74) is 2.35. The quantitative estimate of drug-likeness (QED) is 0.733. The van der Waals surface area contributed by atoms with Crippen LogP contribution in [0.25, 0.3) is 5.69 Å². The highest BCUT2D eigenvalue weighted by molar-refractivity contribution is 5.69. The normalized spacial score (nSPS) is 10.8. The van der Waals surface area contributed by atoms with Gasteiger partial charge in [0, 0.05) is 31.0 Å². The van der Waals surface area contributed by atoms with E-state index in [0.717, 1.165) is 25.2 Å². The summed E-state index contributed by atoms with van der Waals surface area (Å²) >= 11 is 0. The highest BCUT2D eigenvalue weighted by Gasteiger charge is 2.04. The molecule has 0 aliphatic carbocycles. The molecule has 1 aromatic carbocycles. The molecule has 0 fully saturated rings. The number of benzene rings is 1. The van der Waals surface area contributed by atoms with Crippen molar-refractivity contribution in [3.8, 4) is 5.69 Å². The highest BCUT2D eigenvalue weighted by atomic mass is 16.5. The van der Waals surface area contributed by atoms with Crippen LogP contribution in [0.15, 0.2) is 43.0 Å². The van der Waals surface area contributed by atoms with E-state index in [1.165, 1.54) is 12.7 Å². The third-order valence-corrected chi connectivity index (χ3v) is 3.34. The lowest BCUT2D eigenvalue weighted by atomic mass is 10.2. The number of aromatic nitrogens is 2. The van der Waals surface area contributed by atoms with Crippen LogP contribution in [0.5, 0.6) is 0 Å². The van der Waals surface area contributed by atoms with E-state index in [1.54, 1.807) is 12.5 Å². The monoisotopic (exact) mass is 287 g/mol. The fourth-order valence-corrected chi connectivity index (χ4v) is 2.17. The Morgan fingerprint density at radius 1 is 1.33 bits per heavy atom. The summed E-state index contributed by atoms with van der Waals surface area (Å²) in [4.78, 5) is 17.3. The smallest absolute Gasteiger partial charge is 0.305 e. The van der Waals surface area contributed by atoms with Crippen molar-refractivity contribution < 1.29 is 9.53 Å². The maximum Gasteiger partial charge on any atom is 0.305 e. The van der Waals surface area contributed by atoms with Crippen molar-refractivity contribution in [2.75, 3.05) is 20.7 Å². The predicted octanol–water partition coefficient (Wildman–Crippen LogP) is 2.26. The van der Waals surface area contributed by atoms with Crippen molar-refractivity contribution in [3.05, 3.63) is 48.5 Å². The van der Waals surface area contributed by atoms with Crippen LogP contribution < -0.4 is 0 Å². The lowest BCUT2D eigenvalue weighted by Crippen LogP contribution is -2.20. The summed E-state index contributed by atoms with van der Waals surface area (Å²) in [7, 11) is 3.48. The van der Waals surface area contributed by atoms with Crippen LogP contribution in [0.1, 0.15) is 18.4 Å². The number of hydrogen-bond acceptors (Lipinski definition) is 4. The first kappa shape index (κ1) is 15.3. The number of imidazole rings is 1. The Labute approximate surface area is 125 Å². The lowest BCUT2D eigenvalue weighted by molar-refractivity contribution is -0.140. The molecule has 5 heteroatoms. The minimum absolute atomic E-state index is 0.145. The third-order valence-electron chi connectivity index (χ3n) is 3.34. The molecule has 0 bridgehead atoms. The topological polar surface area (TPSA) is 47.4 Å². The van der Waals surface area contributed by atoms with Gasteiger partial charge in [0.05, 0.1) is 13.4 Å². The maximum atomic E-state index is 11.1. The van der Waals surface area contributed by atoms with Gasteiger partial charge in [-0.05, 0) is 37.7 Å². The largest absolute Gasteiger partial charge is 0.469 e. The average Bonchev–Trinajstić information content (AvgIpc) is 3.02. The number of carbonyl (C=O) groups excluding carboxylic acids is 1. The Bertz CT molecular complexity index is 549. The van der Waals surface area contributed by atoms with Crippen molar-refractivity contribution >= 4 is 5.97 Å². The second-order valence-corrected chi connectivity index (χ2v) is 5.05. The third kappa shape index (κ3) is 4.72. The van der Waals surface area contributed by atoms with Crippen LogP contribution in [-0.2, 0) is 16.1 Å². The van der Waals surface area contributed by atoms with Gasteiger partial charge in [-0.3, -0.25) is 4.79 Å². The number of methoxy groups -OCH3 is 1. The van der Waals surface area contributed by atoms with E-state index >= 15 is 0 Å². The molecule has 2 aromatic rings. The first-order chi connectivity index (χ1) is 10.2. The number of ether oxygens (including phenoxy) is 1. The zero-order chi connectivity index (χ0) is 15.1. The van der Waals surface area contributed by atoms with Gasteiger partial charge in [-0.25, -0.2) is 4.98 Å². The van der Waals surface area contributed by atoms with Crippen LogP contribution in [-0.4, -0.2) is 41.1 Å². The van der Waals surface area contributed by atoms with Gasteiger partial charge in [0.1, 0.15) is 0 Å². The van der Waals surface area contributed by atoms with Crippen LogP contribution >= 0.6 is 0 Å². The van der Waals surface area contributed by atoms with Gasteiger partial charge in [-0.2, -0.15) is 0 Å². The number of carbonyl (C=O) groups is 1. The van der Waals surface area contributed by atoms with Crippen molar-refractivity contribution in [1.29, 1.82) is 0 Å². The molecule has 0 spiro atoms. The molecule has 21 heavy (non-hydrogen) atoms. The summed E-state index contributed by atoms with van der Waals surface area (Å²) in [5.74, 6) is -0.145. The molecule has 0 atom stereocenters. The van der Waals surface area contributed by atoms with Crippen molar-refractivity contribution in [2.24, 2.45) is 0 Å². The molecule has 0 N–H and O–H groups in total. The molecule has 0 saturated heterocycles. The lowest BCUT2D eigenvalue weighted by Gasteiger charge is -2.16. The van der Waals surface area contributed by atoms with Gasteiger partial charge >= 0.3 is 5.97 Å². The Hall–Kier alpha value is -2.14. The molecule has 0 radical (unpaired) electrons. The molecule has 112 valence electrons. The molecular weight excluding hydrogens is 266 g/mol. The summed E-state index contributed by atoms with van der Waals surface area (Å²) in [6.45, 7) is 1.74. The Balaban J connectivity index is 1.81. The fourth-order valence-electron chi connectivity index (χ4n) is 2.17. The van der Waals surface area contributed by atoms with Crippen LogP contribution in [0.4, 0.5) is 0 Å². The highest BCUT2D eigenvalue weighted by Crippen LogP contribution is 2.11. The second-order valence-electron chi connectivity index (χ2n) is 5.05. The molecule has 1 aromatic heterocycles.